The molecule has 0 saturated carbocycles. The number of unbranched alkanes of at least 4 members (excludes halogenated alkanes) is 1. The molecule has 8 nitrogen and oxygen atoms in total. The number of Topliss-reactive ketones (excluding diaryl/α,β-unsaturated/α-hetero) is 1. The molecule has 1 rings (SSSR count). The molecule has 0 fully saturated rings. The van der Waals surface area contributed by atoms with E-state index in [1.54, 1.807) is 6.08 Å². The molecule has 0 aromatic heterocycles. The standard InChI is InChI=1S/C27H45N3O5/c1-21(31)22(29-23(32)12-10-19-30-24(33)13-14-25(30)34)11-8-7-9-17-28-18-15-27(5,6)35-20-16-26(2,3)4/h8,11,13-14,22,28H,7,9-10,12,15-20H2,1-6H3,(H,29,32)/b11-8-/t22-/m0/s1. The lowest BCUT2D eigenvalue weighted by molar-refractivity contribution is -0.137. The third kappa shape index (κ3) is 14.0. The van der Waals surface area contributed by atoms with E-state index in [0.717, 1.165) is 50.3 Å². The van der Waals surface area contributed by atoms with Crippen molar-refractivity contribution in [3.05, 3.63) is 24.3 Å². The lowest BCUT2D eigenvalue weighted by atomic mass is 9.93. The maximum Gasteiger partial charge on any atom is 0.253 e. The predicted molar refractivity (Wildman–Crippen MR) is 138 cm³/mol. The Morgan fingerprint density at radius 2 is 1.69 bits per heavy atom. The van der Waals surface area contributed by atoms with E-state index >= 15 is 0 Å². The van der Waals surface area contributed by atoms with Gasteiger partial charge in [-0.15, -0.1) is 0 Å². The van der Waals surface area contributed by atoms with Crippen molar-refractivity contribution >= 4 is 23.5 Å². The largest absolute Gasteiger partial charge is 0.376 e. The molecule has 1 aliphatic heterocycles. The van der Waals surface area contributed by atoms with Crippen LogP contribution in [0.1, 0.15) is 80.1 Å². The van der Waals surface area contributed by atoms with Crippen molar-refractivity contribution in [1.29, 1.82) is 0 Å². The van der Waals surface area contributed by atoms with Crippen molar-refractivity contribution in [2.75, 3.05) is 26.2 Å². The minimum absolute atomic E-state index is 0.134. The molecular formula is C27H45N3O5. The summed E-state index contributed by atoms with van der Waals surface area (Å²) in [6.07, 6.45) is 10.3. The van der Waals surface area contributed by atoms with Gasteiger partial charge < -0.3 is 15.4 Å². The van der Waals surface area contributed by atoms with Crippen LogP contribution >= 0.6 is 0 Å². The molecule has 0 aromatic carbocycles. The van der Waals surface area contributed by atoms with Crippen molar-refractivity contribution in [3.63, 3.8) is 0 Å². The Hall–Kier alpha value is -2.32. The number of rotatable bonds is 17. The van der Waals surface area contributed by atoms with Crippen molar-refractivity contribution in [2.24, 2.45) is 5.41 Å². The lowest BCUT2D eigenvalue weighted by Gasteiger charge is -2.28. The van der Waals surface area contributed by atoms with Crippen LogP contribution in [0.4, 0.5) is 0 Å². The van der Waals surface area contributed by atoms with Crippen LogP contribution in [0.3, 0.4) is 0 Å². The lowest BCUT2D eigenvalue weighted by Crippen LogP contribution is -2.39. The van der Waals surface area contributed by atoms with Crippen LogP contribution < -0.4 is 10.6 Å². The second-order valence-electron chi connectivity index (χ2n) is 10.9. The third-order valence-electron chi connectivity index (χ3n) is 5.74. The second kappa shape index (κ2) is 14.9. The van der Waals surface area contributed by atoms with E-state index in [9.17, 15) is 19.2 Å². The average molecular weight is 492 g/mol. The number of hydrogen-bond acceptors (Lipinski definition) is 6. The van der Waals surface area contributed by atoms with Crippen LogP contribution in [-0.4, -0.2) is 66.3 Å². The van der Waals surface area contributed by atoms with Crippen LogP contribution in [0, 0.1) is 5.41 Å². The highest BCUT2D eigenvalue weighted by molar-refractivity contribution is 6.12. The molecular weight excluding hydrogens is 446 g/mol. The van der Waals surface area contributed by atoms with Crippen molar-refractivity contribution in [2.45, 2.75) is 91.7 Å². The third-order valence-corrected chi connectivity index (χ3v) is 5.74. The minimum Gasteiger partial charge on any atom is -0.376 e. The first-order valence-electron chi connectivity index (χ1n) is 12.7. The van der Waals surface area contributed by atoms with E-state index in [4.69, 9.17) is 4.74 Å². The number of allylic oxidation sites excluding steroid dienone is 1. The molecule has 8 heteroatoms. The number of carbonyl (C=O) groups excluding carboxylic acids is 4. The average Bonchev–Trinajstić information content (AvgIpc) is 3.05. The van der Waals surface area contributed by atoms with Gasteiger partial charge in [0.25, 0.3) is 11.8 Å². The highest BCUT2D eigenvalue weighted by Gasteiger charge is 2.23. The van der Waals surface area contributed by atoms with Crippen LogP contribution in [0.5, 0.6) is 0 Å². The van der Waals surface area contributed by atoms with Gasteiger partial charge in [0.2, 0.25) is 5.91 Å². The van der Waals surface area contributed by atoms with Crippen molar-refractivity contribution < 1.29 is 23.9 Å². The molecule has 2 N–H and O–H groups in total. The zero-order valence-electron chi connectivity index (χ0n) is 22.4. The van der Waals surface area contributed by atoms with E-state index in [1.165, 1.54) is 19.1 Å². The number of ketones is 1. The fourth-order valence-corrected chi connectivity index (χ4v) is 3.38. The molecule has 1 aliphatic rings. The highest BCUT2D eigenvalue weighted by atomic mass is 16.5. The minimum atomic E-state index is -0.668. The topological polar surface area (TPSA) is 105 Å². The quantitative estimate of drug-likeness (QED) is 0.184. The van der Waals surface area contributed by atoms with Gasteiger partial charge in [-0.1, -0.05) is 32.9 Å². The summed E-state index contributed by atoms with van der Waals surface area (Å²) in [4.78, 5) is 48.2. The summed E-state index contributed by atoms with van der Waals surface area (Å²) in [6.45, 7) is 15.0. The molecule has 0 radical (unpaired) electrons. The summed E-state index contributed by atoms with van der Waals surface area (Å²) in [6, 6.07) is -0.668. The van der Waals surface area contributed by atoms with Gasteiger partial charge in [0.15, 0.2) is 5.78 Å². The number of nitrogens with zero attached hydrogens (tertiary/aromatic N) is 1. The van der Waals surface area contributed by atoms with Crippen molar-refractivity contribution in [3.8, 4) is 0 Å². The van der Waals surface area contributed by atoms with E-state index in [1.807, 2.05) is 6.08 Å². The summed E-state index contributed by atoms with van der Waals surface area (Å²) in [5.41, 5.74) is 0.127. The number of hydrogen-bond donors (Lipinski definition) is 2. The molecule has 35 heavy (non-hydrogen) atoms. The number of amides is 3. The monoisotopic (exact) mass is 491 g/mol. The first-order valence-corrected chi connectivity index (χ1v) is 12.7. The fraction of sp³-hybridized carbons (Fsp3) is 0.704. The zero-order valence-corrected chi connectivity index (χ0v) is 22.4. The SMILES string of the molecule is CC(=O)[C@H](/C=C\CCCNCCC(C)(C)OCCC(C)(C)C)NC(=O)CCCN1C(=O)C=CC1=O. The summed E-state index contributed by atoms with van der Waals surface area (Å²) >= 11 is 0. The van der Waals surface area contributed by atoms with Gasteiger partial charge in [0.1, 0.15) is 6.04 Å². The van der Waals surface area contributed by atoms with Gasteiger partial charge in [-0.05, 0) is 71.4 Å². The van der Waals surface area contributed by atoms with Crippen LogP contribution in [0.25, 0.3) is 0 Å². The van der Waals surface area contributed by atoms with Crippen LogP contribution in [0.15, 0.2) is 24.3 Å². The molecule has 3 amide bonds. The van der Waals surface area contributed by atoms with Crippen LogP contribution in [-0.2, 0) is 23.9 Å². The Morgan fingerprint density at radius 3 is 2.29 bits per heavy atom. The molecule has 1 heterocycles. The smallest absolute Gasteiger partial charge is 0.253 e. The fourth-order valence-electron chi connectivity index (χ4n) is 3.38. The van der Waals surface area contributed by atoms with Gasteiger partial charge >= 0.3 is 0 Å². The van der Waals surface area contributed by atoms with Gasteiger partial charge in [-0.25, -0.2) is 0 Å². The normalized spacial score (nSPS) is 15.3. The maximum absolute atomic E-state index is 12.2. The molecule has 0 unspecified atom stereocenters. The van der Waals surface area contributed by atoms with E-state index in [0.29, 0.717) is 6.42 Å². The molecule has 1 atom stereocenters. The molecule has 198 valence electrons. The van der Waals surface area contributed by atoms with Gasteiger partial charge in [-0.2, -0.15) is 0 Å². The Bertz CT molecular complexity index is 762. The summed E-state index contributed by atoms with van der Waals surface area (Å²) in [5, 5.41) is 6.15. The molecule has 0 saturated heterocycles. The first-order chi connectivity index (χ1) is 16.3. The number of carbonyl (C=O) groups is 4. The summed E-state index contributed by atoms with van der Waals surface area (Å²) in [7, 11) is 0. The maximum atomic E-state index is 12.2. The van der Waals surface area contributed by atoms with Gasteiger partial charge in [0, 0.05) is 31.7 Å². The number of ether oxygens (including phenoxy) is 1. The zero-order chi connectivity index (χ0) is 26.5. The van der Waals surface area contributed by atoms with Gasteiger partial charge in [-0.3, -0.25) is 24.1 Å². The highest BCUT2D eigenvalue weighted by Crippen LogP contribution is 2.21. The van der Waals surface area contributed by atoms with E-state index in [2.05, 4.69) is 45.3 Å². The molecule has 0 spiro atoms. The van der Waals surface area contributed by atoms with E-state index < -0.39 is 6.04 Å². The Balaban J connectivity index is 2.20. The summed E-state index contributed by atoms with van der Waals surface area (Å²) in [5.74, 6) is -1.14. The van der Waals surface area contributed by atoms with Gasteiger partial charge in [0.05, 0.1) is 5.60 Å². The second-order valence-corrected chi connectivity index (χ2v) is 10.9. The van der Waals surface area contributed by atoms with Crippen LogP contribution in [0.2, 0.25) is 0 Å². The Morgan fingerprint density at radius 1 is 1.03 bits per heavy atom. The first kappa shape index (κ1) is 30.7. The van der Waals surface area contributed by atoms with E-state index in [-0.39, 0.29) is 47.5 Å². The Kier molecular flexibility index (Phi) is 13.1. The number of nitrogens with one attached hydrogen (secondary N) is 2. The van der Waals surface area contributed by atoms with Crippen molar-refractivity contribution in [1.82, 2.24) is 15.5 Å². The molecule has 0 aliphatic carbocycles. The molecule has 0 bridgehead atoms. The number of imide groups is 1. The summed E-state index contributed by atoms with van der Waals surface area (Å²) < 4.78 is 6.04. The Labute approximate surface area is 210 Å². The molecule has 0 aromatic rings. The predicted octanol–water partition coefficient (Wildman–Crippen LogP) is 3.31.